The molecule has 3 aromatic rings. The van der Waals surface area contributed by atoms with Gasteiger partial charge in [-0.25, -0.2) is 4.68 Å². The molecule has 0 saturated heterocycles. The quantitative estimate of drug-likeness (QED) is 0.728. The second-order valence-corrected chi connectivity index (χ2v) is 5.65. The highest BCUT2D eigenvalue weighted by Gasteiger charge is 2.09. The third-order valence-corrected chi connectivity index (χ3v) is 3.67. The van der Waals surface area contributed by atoms with Crippen LogP contribution in [0.5, 0.6) is 0 Å². The Morgan fingerprint density at radius 3 is 2.81 bits per heavy atom. The van der Waals surface area contributed by atoms with Gasteiger partial charge >= 0.3 is 0 Å². The topological polar surface area (TPSA) is 61.4 Å². The molecule has 3 rings (SSSR count). The maximum Gasteiger partial charge on any atom is 0.113 e. The molecule has 0 aliphatic carbocycles. The van der Waals surface area contributed by atoms with E-state index >= 15 is 0 Å². The molecule has 2 heterocycles. The highest BCUT2D eigenvalue weighted by atomic mass is 79.9. The van der Waals surface area contributed by atoms with E-state index in [0.29, 0.717) is 6.54 Å². The lowest BCUT2D eigenvalue weighted by Crippen LogP contribution is -2.04. The molecule has 0 bridgehead atoms. The van der Waals surface area contributed by atoms with Crippen LogP contribution < -0.4 is 0 Å². The summed E-state index contributed by atoms with van der Waals surface area (Å²) in [5, 5.41) is 17.2. The smallest absolute Gasteiger partial charge is 0.113 e. The maximum absolute atomic E-state index is 4.43. The van der Waals surface area contributed by atoms with Crippen molar-refractivity contribution >= 4 is 15.9 Å². The standard InChI is InChI=1S/C14H15BrN6/c1-3-21-17-10(2)13(18-21)8-20-9-14(16-19-20)11-5-4-6-12(15)7-11/h4-7,9H,3,8H2,1-2H3. The second-order valence-electron chi connectivity index (χ2n) is 4.73. The SMILES string of the molecule is CCn1nc(C)c(Cn2cc(-c3cccc(Br)c3)nn2)n1. The molecule has 0 unspecified atom stereocenters. The van der Waals surface area contributed by atoms with Gasteiger partial charge in [-0.2, -0.15) is 15.0 Å². The van der Waals surface area contributed by atoms with Crippen molar-refractivity contribution in [2.24, 2.45) is 0 Å². The molecule has 21 heavy (non-hydrogen) atoms. The lowest BCUT2D eigenvalue weighted by atomic mass is 10.2. The summed E-state index contributed by atoms with van der Waals surface area (Å²) < 4.78 is 2.81. The van der Waals surface area contributed by atoms with E-state index in [0.717, 1.165) is 33.7 Å². The Bertz CT molecular complexity index is 760. The number of aromatic nitrogens is 6. The first-order valence-corrected chi connectivity index (χ1v) is 7.51. The lowest BCUT2D eigenvalue weighted by Gasteiger charge is -1.97. The summed E-state index contributed by atoms with van der Waals surface area (Å²) in [4.78, 5) is 1.69. The third kappa shape index (κ3) is 3.02. The Morgan fingerprint density at radius 2 is 2.10 bits per heavy atom. The average Bonchev–Trinajstić information content (AvgIpc) is 3.07. The molecule has 1 aromatic carbocycles. The molecule has 0 radical (unpaired) electrons. The predicted molar refractivity (Wildman–Crippen MR) is 82.7 cm³/mol. The second kappa shape index (κ2) is 5.77. The van der Waals surface area contributed by atoms with Crippen LogP contribution in [-0.4, -0.2) is 30.0 Å². The monoisotopic (exact) mass is 346 g/mol. The predicted octanol–water partition coefficient (Wildman–Crippen LogP) is 2.68. The molecule has 0 aliphatic heterocycles. The van der Waals surface area contributed by atoms with Crippen LogP contribution in [0, 0.1) is 6.92 Å². The first-order chi connectivity index (χ1) is 10.2. The van der Waals surface area contributed by atoms with Gasteiger partial charge in [-0.05, 0) is 26.0 Å². The Morgan fingerprint density at radius 1 is 1.24 bits per heavy atom. The Kier molecular flexibility index (Phi) is 3.83. The van der Waals surface area contributed by atoms with E-state index in [9.17, 15) is 0 Å². The fourth-order valence-corrected chi connectivity index (χ4v) is 2.46. The number of hydrogen-bond donors (Lipinski definition) is 0. The van der Waals surface area contributed by atoms with Gasteiger partial charge in [0.05, 0.1) is 25.0 Å². The van der Waals surface area contributed by atoms with Crippen LogP contribution in [0.2, 0.25) is 0 Å². The van der Waals surface area contributed by atoms with Crippen molar-refractivity contribution in [3.05, 3.63) is 46.3 Å². The molecule has 108 valence electrons. The molecular weight excluding hydrogens is 332 g/mol. The number of halogens is 1. The number of hydrogen-bond acceptors (Lipinski definition) is 4. The first kappa shape index (κ1) is 13.9. The summed E-state index contributed by atoms with van der Waals surface area (Å²) >= 11 is 3.46. The molecular formula is C14H15BrN6. The average molecular weight is 347 g/mol. The van der Waals surface area contributed by atoms with Gasteiger partial charge in [0.15, 0.2) is 0 Å². The molecule has 0 aliphatic rings. The molecule has 0 atom stereocenters. The van der Waals surface area contributed by atoms with Crippen LogP contribution in [-0.2, 0) is 13.1 Å². The van der Waals surface area contributed by atoms with E-state index in [1.165, 1.54) is 0 Å². The Hall–Kier alpha value is -2.02. The number of rotatable bonds is 4. The van der Waals surface area contributed by atoms with Gasteiger partial charge in [0.1, 0.15) is 11.4 Å². The highest BCUT2D eigenvalue weighted by Crippen LogP contribution is 2.20. The third-order valence-electron chi connectivity index (χ3n) is 3.17. The summed E-state index contributed by atoms with van der Waals surface area (Å²) in [5.41, 5.74) is 3.72. The van der Waals surface area contributed by atoms with Gasteiger partial charge in [0, 0.05) is 10.0 Å². The fourth-order valence-electron chi connectivity index (χ4n) is 2.06. The van der Waals surface area contributed by atoms with E-state index in [1.54, 1.807) is 9.48 Å². The van der Waals surface area contributed by atoms with Crippen molar-refractivity contribution in [2.45, 2.75) is 26.9 Å². The number of nitrogens with zero attached hydrogens (tertiary/aromatic N) is 6. The molecule has 0 N–H and O–H groups in total. The van der Waals surface area contributed by atoms with Gasteiger partial charge in [-0.1, -0.05) is 33.3 Å². The maximum atomic E-state index is 4.43. The van der Waals surface area contributed by atoms with Crippen LogP contribution in [0.15, 0.2) is 34.9 Å². The van der Waals surface area contributed by atoms with Crippen molar-refractivity contribution in [3.63, 3.8) is 0 Å². The summed E-state index contributed by atoms with van der Waals surface area (Å²) in [5.74, 6) is 0. The van der Waals surface area contributed by atoms with Crippen LogP contribution >= 0.6 is 15.9 Å². The number of aryl methyl sites for hydroxylation is 2. The van der Waals surface area contributed by atoms with Crippen LogP contribution in [0.1, 0.15) is 18.3 Å². The van der Waals surface area contributed by atoms with Gasteiger partial charge in [0.2, 0.25) is 0 Å². The minimum absolute atomic E-state index is 0.576. The molecule has 0 fully saturated rings. The van der Waals surface area contributed by atoms with Crippen molar-refractivity contribution in [3.8, 4) is 11.3 Å². The Labute approximate surface area is 130 Å². The molecule has 6 nitrogen and oxygen atoms in total. The normalized spacial score (nSPS) is 11.0. The van der Waals surface area contributed by atoms with Crippen molar-refractivity contribution in [1.82, 2.24) is 30.0 Å². The summed E-state index contributed by atoms with van der Waals surface area (Å²) in [7, 11) is 0. The summed E-state index contributed by atoms with van der Waals surface area (Å²) in [6, 6.07) is 8.00. The summed E-state index contributed by atoms with van der Waals surface area (Å²) in [6.45, 7) is 5.32. The molecule has 0 spiro atoms. The van der Waals surface area contributed by atoms with Crippen molar-refractivity contribution in [2.75, 3.05) is 0 Å². The molecule has 2 aromatic heterocycles. The first-order valence-electron chi connectivity index (χ1n) is 6.72. The van der Waals surface area contributed by atoms with E-state index < -0.39 is 0 Å². The summed E-state index contributed by atoms with van der Waals surface area (Å²) in [6.07, 6.45) is 1.92. The zero-order valence-electron chi connectivity index (χ0n) is 11.9. The zero-order valence-corrected chi connectivity index (χ0v) is 13.4. The lowest BCUT2D eigenvalue weighted by molar-refractivity contribution is 0.553. The van der Waals surface area contributed by atoms with Crippen LogP contribution in [0.4, 0.5) is 0 Å². The molecule has 0 amide bonds. The van der Waals surface area contributed by atoms with Crippen molar-refractivity contribution < 1.29 is 0 Å². The minimum atomic E-state index is 0.576. The fraction of sp³-hybridized carbons (Fsp3) is 0.286. The van der Waals surface area contributed by atoms with E-state index in [-0.39, 0.29) is 0 Å². The van der Waals surface area contributed by atoms with E-state index in [4.69, 9.17) is 0 Å². The Balaban J connectivity index is 1.83. The van der Waals surface area contributed by atoms with Gasteiger partial charge in [-0.3, -0.25) is 0 Å². The highest BCUT2D eigenvalue weighted by molar-refractivity contribution is 9.10. The van der Waals surface area contributed by atoms with E-state index in [1.807, 2.05) is 44.3 Å². The molecule has 0 saturated carbocycles. The van der Waals surface area contributed by atoms with Crippen LogP contribution in [0.3, 0.4) is 0 Å². The van der Waals surface area contributed by atoms with Gasteiger partial charge in [-0.15, -0.1) is 5.10 Å². The van der Waals surface area contributed by atoms with Crippen LogP contribution in [0.25, 0.3) is 11.3 Å². The van der Waals surface area contributed by atoms with E-state index in [2.05, 4.69) is 36.4 Å². The van der Waals surface area contributed by atoms with Gasteiger partial charge in [0.25, 0.3) is 0 Å². The largest absolute Gasteiger partial charge is 0.246 e. The molecule has 7 heteroatoms. The van der Waals surface area contributed by atoms with Crippen molar-refractivity contribution in [1.29, 1.82) is 0 Å². The minimum Gasteiger partial charge on any atom is -0.246 e. The van der Waals surface area contributed by atoms with Gasteiger partial charge < -0.3 is 0 Å². The number of benzene rings is 1. The zero-order chi connectivity index (χ0) is 14.8.